The fraction of sp³-hybridized carbons (Fsp3) is 0.143. The van der Waals surface area contributed by atoms with E-state index in [2.05, 4.69) is 9.97 Å². The Morgan fingerprint density at radius 1 is 1.16 bits per heavy atom. The van der Waals surface area contributed by atoms with Crippen LogP contribution < -0.4 is 5.73 Å². The van der Waals surface area contributed by atoms with Gasteiger partial charge >= 0.3 is 0 Å². The number of fused-ring (bicyclic) bond motifs is 1. The largest absolute Gasteiger partial charge is 0.383 e. The lowest BCUT2D eigenvalue weighted by atomic mass is 10.1. The van der Waals surface area contributed by atoms with Crippen molar-refractivity contribution in [2.24, 2.45) is 0 Å². The number of ether oxygens (including phenoxy) is 1. The predicted octanol–water partition coefficient (Wildman–Crippen LogP) is 3.01. The summed E-state index contributed by atoms with van der Waals surface area (Å²) in [7, 11) is 1.65. The Hall–Kier alpha value is -1.98. The first kappa shape index (κ1) is 12.1. The van der Waals surface area contributed by atoms with Gasteiger partial charge in [-0.2, -0.15) is 0 Å². The maximum Gasteiger partial charge on any atom is 0.165 e. The molecule has 2 aromatic heterocycles. The number of nitrogen functional groups attached to an aromatic ring is 1. The molecule has 0 aliphatic heterocycles. The van der Waals surface area contributed by atoms with E-state index in [0.29, 0.717) is 11.6 Å². The van der Waals surface area contributed by atoms with E-state index >= 15 is 0 Å². The molecule has 1 atom stereocenters. The molecule has 1 unspecified atom stereocenters. The molecule has 0 aliphatic carbocycles. The van der Waals surface area contributed by atoms with Crippen LogP contribution in [0.4, 0.5) is 5.82 Å². The van der Waals surface area contributed by atoms with E-state index < -0.39 is 0 Å². The minimum Gasteiger partial charge on any atom is -0.383 e. The van der Waals surface area contributed by atoms with Crippen molar-refractivity contribution in [3.05, 3.63) is 53.2 Å². The minimum atomic E-state index is -0.296. The summed E-state index contributed by atoms with van der Waals surface area (Å²) in [5, 5.41) is 2.86. The normalized spacial score (nSPS) is 12.7. The number of nitrogens with two attached hydrogens (primary N) is 1. The monoisotopic (exact) mass is 271 g/mol. The highest BCUT2D eigenvalue weighted by Gasteiger charge is 2.18. The van der Waals surface area contributed by atoms with E-state index in [-0.39, 0.29) is 6.10 Å². The van der Waals surface area contributed by atoms with Crippen LogP contribution in [0.5, 0.6) is 0 Å². The molecule has 5 heteroatoms. The Labute approximate surface area is 114 Å². The summed E-state index contributed by atoms with van der Waals surface area (Å²) in [5.74, 6) is 1.10. The van der Waals surface area contributed by atoms with Crippen LogP contribution in [-0.2, 0) is 4.74 Å². The summed E-state index contributed by atoms with van der Waals surface area (Å²) in [4.78, 5) is 9.80. The number of thiophene rings is 1. The SMILES string of the molecule is COC(c1ccccc1)c1nc(N)c2ccsc2n1. The van der Waals surface area contributed by atoms with Crippen LogP contribution in [0.1, 0.15) is 17.5 Å². The third-order valence-electron chi connectivity index (χ3n) is 2.94. The molecule has 2 heterocycles. The lowest BCUT2D eigenvalue weighted by molar-refractivity contribution is 0.129. The van der Waals surface area contributed by atoms with Gasteiger partial charge in [0.1, 0.15) is 16.8 Å². The predicted molar refractivity (Wildman–Crippen MR) is 77.1 cm³/mol. The van der Waals surface area contributed by atoms with E-state index in [4.69, 9.17) is 10.5 Å². The summed E-state index contributed by atoms with van der Waals surface area (Å²) >= 11 is 1.55. The Bertz CT molecular complexity index is 696. The molecule has 0 bridgehead atoms. The molecule has 0 amide bonds. The molecule has 0 fully saturated rings. The summed E-state index contributed by atoms with van der Waals surface area (Å²) in [6, 6.07) is 11.8. The highest BCUT2D eigenvalue weighted by atomic mass is 32.1. The van der Waals surface area contributed by atoms with Gasteiger partial charge in [0.25, 0.3) is 0 Å². The highest BCUT2D eigenvalue weighted by Crippen LogP contribution is 2.28. The number of anilines is 1. The van der Waals surface area contributed by atoms with Crippen molar-refractivity contribution in [2.75, 3.05) is 12.8 Å². The molecule has 3 aromatic rings. The fourth-order valence-electron chi connectivity index (χ4n) is 2.03. The summed E-state index contributed by atoms with van der Waals surface area (Å²) in [6.45, 7) is 0. The lowest BCUT2D eigenvalue weighted by Crippen LogP contribution is -2.09. The lowest BCUT2D eigenvalue weighted by Gasteiger charge is -2.14. The van der Waals surface area contributed by atoms with E-state index in [1.54, 1.807) is 18.4 Å². The van der Waals surface area contributed by atoms with Gasteiger partial charge in [-0.3, -0.25) is 0 Å². The first-order valence-corrected chi connectivity index (χ1v) is 6.76. The quantitative estimate of drug-likeness (QED) is 0.795. The van der Waals surface area contributed by atoms with Crippen molar-refractivity contribution in [1.82, 2.24) is 9.97 Å². The number of methoxy groups -OCH3 is 1. The third kappa shape index (κ3) is 2.18. The molecule has 0 saturated heterocycles. The molecule has 19 heavy (non-hydrogen) atoms. The fourth-order valence-corrected chi connectivity index (χ4v) is 2.81. The average Bonchev–Trinajstić information content (AvgIpc) is 2.90. The van der Waals surface area contributed by atoms with Crippen molar-refractivity contribution >= 4 is 27.4 Å². The number of aromatic nitrogens is 2. The summed E-state index contributed by atoms with van der Waals surface area (Å²) < 4.78 is 5.53. The Morgan fingerprint density at radius 2 is 1.95 bits per heavy atom. The molecule has 0 spiro atoms. The molecule has 4 nitrogen and oxygen atoms in total. The van der Waals surface area contributed by atoms with Crippen LogP contribution in [0.25, 0.3) is 10.2 Å². The number of nitrogens with zero attached hydrogens (tertiary/aromatic N) is 2. The van der Waals surface area contributed by atoms with Crippen LogP contribution in [-0.4, -0.2) is 17.1 Å². The van der Waals surface area contributed by atoms with Crippen LogP contribution >= 0.6 is 11.3 Å². The Balaban J connectivity index is 2.11. The second-order valence-electron chi connectivity index (χ2n) is 4.13. The van der Waals surface area contributed by atoms with Gasteiger partial charge in [-0.25, -0.2) is 9.97 Å². The van der Waals surface area contributed by atoms with Crippen LogP contribution in [0.2, 0.25) is 0 Å². The van der Waals surface area contributed by atoms with Crippen LogP contribution in [0.3, 0.4) is 0 Å². The number of hydrogen-bond donors (Lipinski definition) is 1. The van der Waals surface area contributed by atoms with Crippen molar-refractivity contribution in [1.29, 1.82) is 0 Å². The standard InChI is InChI=1S/C14H13N3OS/c1-18-11(9-5-3-2-4-6-9)13-16-12(15)10-7-8-19-14(10)17-13/h2-8,11H,1H3,(H2,15,16,17). The second-order valence-corrected chi connectivity index (χ2v) is 5.03. The minimum absolute atomic E-state index is 0.296. The zero-order chi connectivity index (χ0) is 13.2. The van der Waals surface area contributed by atoms with Gasteiger partial charge in [0.05, 0.1) is 5.39 Å². The van der Waals surface area contributed by atoms with E-state index in [1.165, 1.54) is 0 Å². The summed E-state index contributed by atoms with van der Waals surface area (Å²) in [5.41, 5.74) is 6.99. The van der Waals surface area contributed by atoms with Crippen molar-refractivity contribution in [2.45, 2.75) is 6.10 Å². The number of benzene rings is 1. The molecule has 3 rings (SSSR count). The molecule has 96 valence electrons. The third-order valence-corrected chi connectivity index (χ3v) is 3.75. The maximum atomic E-state index is 5.97. The van der Waals surface area contributed by atoms with Crippen molar-refractivity contribution in [3.8, 4) is 0 Å². The first-order valence-electron chi connectivity index (χ1n) is 5.88. The Morgan fingerprint density at radius 3 is 2.68 bits per heavy atom. The molecular formula is C14H13N3OS. The maximum absolute atomic E-state index is 5.97. The number of rotatable bonds is 3. The molecular weight excluding hydrogens is 258 g/mol. The number of hydrogen-bond acceptors (Lipinski definition) is 5. The molecule has 0 aliphatic rings. The van der Waals surface area contributed by atoms with E-state index in [1.807, 2.05) is 41.8 Å². The smallest absolute Gasteiger partial charge is 0.165 e. The van der Waals surface area contributed by atoms with E-state index in [9.17, 15) is 0 Å². The van der Waals surface area contributed by atoms with Crippen molar-refractivity contribution in [3.63, 3.8) is 0 Å². The van der Waals surface area contributed by atoms with Gasteiger partial charge in [-0.15, -0.1) is 11.3 Å². The van der Waals surface area contributed by atoms with Crippen molar-refractivity contribution < 1.29 is 4.74 Å². The zero-order valence-corrected chi connectivity index (χ0v) is 11.2. The Kier molecular flexibility index (Phi) is 3.15. The highest BCUT2D eigenvalue weighted by molar-refractivity contribution is 7.16. The van der Waals surface area contributed by atoms with Gasteiger partial charge in [-0.1, -0.05) is 30.3 Å². The average molecular weight is 271 g/mol. The van der Waals surface area contributed by atoms with Gasteiger partial charge in [0.2, 0.25) is 0 Å². The second kappa shape index (κ2) is 4.95. The van der Waals surface area contributed by atoms with Gasteiger partial charge in [0.15, 0.2) is 5.82 Å². The van der Waals surface area contributed by atoms with Crippen LogP contribution in [0.15, 0.2) is 41.8 Å². The first-order chi connectivity index (χ1) is 9.29. The van der Waals surface area contributed by atoms with Gasteiger partial charge in [-0.05, 0) is 17.0 Å². The van der Waals surface area contributed by atoms with Gasteiger partial charge in [0, 0.05) is 7.11 Å². The topological polar surface area (TPSA) is 61.0 Å². The van der Waals surface area contributed by atoms with E-state index in [0.717, 1.165) is 15.8 Å². The summed E-state index contributed by atoms with van der Waals surface area (Å²) in [6.07, 6.45) is -0.296. The van der Waals surface area contributed by atoms with Gasteiger partial charge < -0.3 is 10.5 Å². The molecule has 0 radical (unpaired) electrons. The molecule has 2 N–H and O–H groups in total. The molecule has 0 saturated carbocycles. The molecule has 1 aromatic carbocycles. The van der Waals surface area contributed by atoms with Crippen LogP contribution in [0, 0.1) is 0 Å². The zero-order valence-electron chi connectivity index (χ0n) is 10.4.